The largest absolute Gasteiger partial charge is 0.348 e. The molecule has 21 heavy (non-hydrogen) atoms. The lowest BCUT2D eigenvalue weighted by Gasteiger charge is -2.21. The van der Waals surface area contributed by atoms with Crippen LogP contribution in [0, 0.1) is 5.82 Å². The lowest BCUT2D eigenvalue weighted by Crippen LogP contribution is -2.30. The second-order valence-corrected chi connectivity index (χ2v) is 5.10. The number of fused-ring (bicyclic) bond motifs is 1. The van der Waals surface area contributed by atoms with Crippen molar-refractivity contribution in [2.45, 2.75) is 12.5 Å². The van der Waals surface area contributed by atoms with Crippen molar-refractivity contribution in [3.63, 3.8) is 0 Å². The van der Waals surface area contributed by atoms with Crippen LogP contribution in [0.25, 0.3) is 5.69 Å². The third-order valence-corrected chi connectivity index (χ3v) is 3.76. The maximum atomic E-state index is 13.3. The minimum atomic E-state index is -0.269. The Balaban J connectivity index is 1.70. The van der Waals surface area contributed by atoms with Gasteiger partial charge in [0.15, 0.2) is 0 Å². The minimum absolute atomic E-state index is 0.0299. The predicted molar refractivity (Wildman–Crippen MR) is 75.7 cm³/mol. The number of aromatic amines is 1. The van der Waals surface area contributed by atoms with Crippen molar-refractivity contribution in [2.24, 2.45) is 0 Å². The van der Waals surface area contributed by atoms with E-state index in [1.165, 1.54) is 12.1 Å². The molecular formula is C15H14FN5. The summed E-state index contributed by atoms with van der Waals surface area (Å²) in [6.45, 7) is 0.894. The van der Waals surface area contributed by atoms with Crippen LogP contribution < -0.4 is 5.32 Å². The van der Waals surface area contributed by atoms with E-state index in [0.29, 0.717) is 5.69 Å². The molecule has 3 heterocycles. The molecule has 0 saturated heterocycles. The number of nitrogens with one attached hydrogen (secondary N) is 2. The first-order valence-electron chi connectivity index (χ1n) is 6.87. The van der Waals surface area contributed by atoms with Crippen LogP contribution in [0.5, 0.6) is 0 Å². The maximum Gasteiger partial charge on any atom is 0.125 e. The summed E-state index contributed by atoms with van der Waals surface area (Å²) in [5.74, 6) is -0.269. The molecule has 0 bridgehead atoms. The molecule has 5 nitrogen and oxygen atoms in total. The quantitative estimate of drug-likeness (QED) is 0.756. The van der Waals surface area contributed by atoms with Gasteiger partial charge in [0.25, 0.3) is 0 Å². The van der Waals surface area contributed by atoms with E-state index >= 15 is 0 Å². The van der Waals surface area contributed by atoms with E-state index in [4.69, 9.17) is 0 Å². The summed E-state index contributed by atoms with van der Waals surface area (Å²) in [5, 5.41) is 7.78. The van der Waals surface area contributed by atoms with Crippen LogP contribution in [0.3, 0.4) is 0 Å². The highest BCUT2D eigenvalue weighted by Gasteiger charge is 2.24. The highest BCUT2D eigenvalue weighted by atomic mass is 19.1. The van der Waals surface area contributed by atoms with Gasteiger partial charge in [0.1, 0.15) is 5.82 Å². The van der Waals surface area contributed by atoms with E-state index in [1.807, 2.05) is 12.3 Å². The number of imidazole rings is 1. The van der Waals surface area contributed by atoms with Crippen LogP contribution in [0.2, 0.25) is 0 Å². The van der Waals surface area contributed by atoms with Gasteiger partial charge in [0, 0.05) is 30.4 Å². The zero-order valence-electron chi connectivity index (χ0n) is 11.3. The van der Waals surface area contributed by atoms with Crippen LogP contribution in [0.1, 0.15) is 23.0 Å². The lowest BCUT2D eigenvalue weighted by molar-refractivity contribution is 0.553. The number of aromatic nitrogens is 4. The molecule has 1 aliphatic rings. The van der Waals surface area contributed by atoms with Crippen molar-refractivity contribution in [3.8, 4) is 5.69 Å². The van der Waals surface area contributed by atoms with Crippen LogP contribution in [0.15, 0.2) is 43.0 Å². The molecule has 0 fully saturated rings. The molecule has 1 aliphatic heterocycles. The fraction of sp³-hybridized carbons (Fsp3) is 0.200. The van der Waals surface area contributed by atoms with Crippen molar-refractivity contribution in [3.05, 3.63) is 65.8 Å². The van der Waals surface area contributed by atoms with Crippen LogP contribution in [0.4, 0.5) is 4.39 Å². The van der Waals surface area contributed by atoms with Crippen molar-refractivity contribution < 1.29 is 4.39 Å². The van der Waals surface area contributed by atoms with E-state index in [9.17, 15) is 4.39 Å². The molecule has 2 aromatic heterocycles. The summed E-state index contributed by atoms with van der Waals surface area (Å²) in [4.78, 5) is 7.57. The average molecular weight is 283 g/mol. The number of benzene rings is 1. The third kappa shape index (κ3) is 2.13. The summed E-state index contributed by atoms with van der Waals surface area (Å²) in [7, 11) is 0. The summed E-state index contributed by atoms with van der Waals surface area (Å²) in [5.41, 5.74) is 3.91. The van der Waals surface area contributed by atoms with Gasteiger partial charge in [-0.2, -0.15) is 5.10 Å². The van der Waals surface area contributed by atoms with Crippen LogP contribution in [-0.2, 0) is 6.42 Å². The number of H-pyrrole nitrogens is 1. The Labute approximate surface area is 120 Å². The first kappa shape index (κ1) is 12.3. The number of hydrogen-bond donors (Lipinski definition) is 2. The standard InChI is InChI=1S/C15H14FN5/c16-11-2-1-3-12(6-11)21-8-10(7-20-21)14-15-13(4-5-17-14)18-9-19-15/h1-3,6-9,14,17H,4-5H2,(H,18,19)/t14-/m1/s1. The highest BCUT2D eigenvalue weighted by Crippen LogP contribution is 2.26. The molecule has 0 spiro atoms. The summed E-state index contributed by atoms with van der Waals surface area (Å²) in [6.07, 6.45) is 6.38. The van der Waals surface area contributed by atoms with E-state index in [0.717, 1.165) is 29.9 Å². The molecule has 1 aromatic carbocycles. The van der Waals surface area contributed by atoms with Gasteiger partial charge in [-0.05, 0) is 18.2 Å². The third-order valence-electron chi connectivity index (χ3n) is 3.76. The van der Waals surface area contributed by atoms with Crippen molar-refractivity contribution in [1.29, 1.82) is 0 Å². The average Bonchev–Trinajstić information content (AvgIpc) is 3.16. The van der Waals surface area contributed by atoms with E-state index < -0.39 is 0 Å². The van der Waals surface area contributed by atoms with Gasteiger partial charge in [-0.3, -0.25) is 0 Å². The molecular weight excluding hydrogens is 269 g/mol. The Morgan fingerprint density at radius 2 is 2.29 bits per heavy atom. The molecule has 4 rings (SSSR count). The van der Waals surface area contributed by atoms with Crippen molar-refractivity contribution in [1.82, 2.24) is 25.1 Å². The predicted octanol–water partition coefficient (Wildman–Crippen LogP) is 1.97. The summed E-state index contributed by atoms with van der Waals surface area (Å²) < 4.78 is 15.0. The number of halogens is 1. The van der Waals surface area contributed by atoms with Crippen molar-refractivity contribution in [2.75, 3.05) is 6.54 Å². The first-order chi connectivity index (χ1) is 10.3. The highest BCUT2D eigenvalue weighted by molar-refractivity contribution is 5.35. The zero-order chi connectivity index (χ0) is 14.2. The second kappa shape index (κ2) is 4.82. The van der Waals surface area contributed by atoms with E-state index in [-0.39, 0.29) is 11.9 Å². The lowest BCUT2D eigenvalue weighted by atomic mass is 10.0. The van der Waals surface area contributed by atoms with Gasteiger partial charge < -0.3 is 10.3 Å². The molecule has 0 aliphatic carbocycles. The van der Waals surface area contributed by atoms with E-state index in [2.05, 4.69) is 20.4 Å². The molecule has 0 unspecified atom stereocenters. The molecule has 1 atom stereocenters. The smallest absolute Gasteiger partial charge is 0.125 e. The fourth-order valence-corrected chi connectivity index (χ4v) is 2.74. The molecule has 0 radical (unpaired) electrons. The van der Waals surface area contributed by atoms with Crippen molar-refractivity contribution >= 4 is 0 Å². The van der Waals surface area contributed by atoms with E-state index in [1.54, 1.807) is 23.3 Å². The van der Waals surface area contributed by atoms with Crippen LogP contribution in [-0.4, -0.2) is 26.3 Å². The van der Waals surface area contributed by atoms with Gasteiger partial charge in [-0.1, -0.05) is 6.07 Å². The second-order valence-electron chi connectivity index (χ2n) is 5.10. The maximum absolute atomic E-state index is 13.3. The topological polar surface area (TPSA) is 58.5 Å². The SMILES string of the molecule is Fc1cccc(-n2cc([C@H]3NCCc4[nH]cnc43)cn2)c1. The monoisotopic (exact) mass is 283 g/mol. The van der Waals surface area contributed by atoms with Gasteiger partial charge in [-0.15, -0.1) is 0 Å². The number of nitrogens with zero attached hydrogens (tertiary/aromatic N) is 3. The van der Waals surface area contributed by atoms with Gasteiger partial charge in [0.05, 0.1) is 29.9 Å². The number of hydrogen-bond acceptors (Lipinski definition) is 3. The molecule has 0 amide bonds. The van der Waals surface area contributed by atoms with Gasteiger partial charge >= 0.3 is 0 Å². The Morgan fingerprint density at radius 1 is 1.33 bits per heavy atom. The Bertz CT molecular complexity index is 776. The van der Waals surface area contributed by atoms with Gasteiger partial charge in [-0.25, -0.2) is 14.1 Å². The molecule has 2 N–H and O–H groups in total. The zero-order valence-corrected chi connectivity index (χ0v) is 11.3. The number of rotatable bonds is 2. The van der Waals surface area contributed by atoms with Gasteiger partial charge in [0.2, 0.25) is 0 Å². The Morgan fingerprint density at radius 3 is 3.19 bits per heavy atom. The molecule has 3 aromatic rings. The molecule has 106 valence electrons. The van der Waals surface area contributed by atoms with Crippen LogP contribution >= 0.6 is 0 Å². The molecule has 6 heteroatoms. The minimum Gasteiger partial charge on any atom is -0.348 e. The Kier molecular flexibility index (Phi) is 2.82. The summed E-state index contributed by atoms with van der Waals surface area (Å²) in [6, 6.07) is 6.42. The first-order valence-corrected chi connectivity index (χ1v) is 6.87. The fourth-order valence-electron chi connectivity index (χ4n) is 2.74. The molecule has 0 saturated carbocycles. The Hall–Kier alpha value is -2.47. The summed E-state index contributed by atoms with van der Waals surface area (Å²) >= 11 is 0. The normalized spacial score (nSPS) is 17.7.